The Morgan fingerprint density at radius 2 is 1.85 bits per heavy atom. The number of anilines is 1. The molecule has 4 nitrogen and oxygen atoms in total. The van der Waals surface area contributed by atoms with E-state index in [-0.39, 0.29) is 0 Å². The van der Waals surface area contributed by atoms with Gasteiger partial charge in [-0.05, 0) is 51.0 Å². The van der Waals surface area contributed by atoms with Gasteiger partial charge < -0.3 is 10.1 Å². The first-order valence-corrected chi connectivity index (χ1v) is 6.79. The molecule has 0 bridgehead atoms. The molecule has 0 saturated carbocycles. The van der Waals surface area contributed by atoms with Crippen LogP contribution in [0.5, 0.6) is 5.75 Å². The van der Waals surface area contributed by atoms with E-state index in [1.807, 2.05) is 13.8 Å². The molecule has 0 atom stereocenters. The second-order valence-electron chi connectivity index (χ2n) is 4.86. The summed E-state index contributed by atoms with van der Waals surface area (Å²) < 4.78 is 5.36. The highest BCUT2D eigenvalue weighted by atomic mass is 16.5. The Morgan fingerprint density at radius 3 is 2.50 bits per heavy atom. The average Bonchev–Trinajstić information content (AvgIpc) is 2.44. The first kappa shape index (κ1) is 14.3. The van der Waals surface area contributed by atoms with E-state index in [0.717, 1.165) is 46.1 Å². The van der Waals surface area contributed by atoms with Crippen LogP contribution < -0.4 is 10.1 Å². The van der Waals surface area contributed by atoms with Crippen LogP contribution in [0.15, 0.2) is 18.5 Å². The van der Waals surface area contributed by atoms with E-state index in [4.69, 9.17) is 4.74 Å². The highest BCUT2D eigenvalue weighted by Gasteiger charge is 2.13. The summed E-state index contributed by atoms with van der Waals surface area (Å²) in [5.74, 6) is 1.80. The van der Waals surface area contributed by atoms with Gasteiger partial charge in [0, 0.05) is 17.7 Å². The molecule has 0 aliphatic carbocycles. The zero-order valence-electron chi connectivity index (χ0n) is 12.7. The van der Waals surface area contributed by atoms with Crippen LogP contribution in [0.1, 0.15) is 23.6 Å². The van der Waals surface area contributed by atoms with Crippen LogP contribution in [-0.4, -0.2) is 23.6 Å². The van der Waals surface area contributed by atoms with E-state index in [0.29, 0.717) is 0 Å². The maximum Gasteiger partial charge on any atom is 0.132 e. The standard InChI is InChI=1S/C16H21N3O/c1-6-17-16-12(4)15(18-9-19-16)13-7-11(3)14(20-5)8-10(13)2/h7-9H,6H2,1-5H3,(H,17,18,19). The molecule has 1 heterocycles. The smallest absolute Gasteiger partial charge is 0.132 e. The highest BCUT2D eigenvalue weighted by Crippen LogP contribution is 2.32. The molecule has 0 aliphatic heterocycles. The first-order chi connectivity index (χ1) is 9.58. The van der Waals surface area contributed by atoms with Crippen LogP contribution in [-0.2, 0) is 0 Å². The molecule has 1 N–H and O–H groups in total. The molecular formula is C16H21N3O. The molecule has 2 rings (SSSR count). The van der Waals surface area contributed by atoms with E-state index in [1.165, 1.54) is 0 Å². The van der Waals surface area contributed by atoms with Crippen LogP contribution in [0.4, 0.5) is 5.82 Å². The molecule has 0 saturated heterocycles. The van der Waals surface area contributed by atoms with Crippen LogP contribution in [0.25, 0.3) is 11.3 Å². The van der Waals surface area contributed by atoms with Gasteiger partial charge in [-0.25, -0.2) is 9.97 Å². The van der Waals surface area contributed by atoms with Gasteiger partial charge in [-0.1, -0.05) is 0 Å². The zero-order valence-corrected chi connectivity index (χ0v) is 12.7. The van der Waals surface area contributed by atoms with E-state index in [1.54, 1.807) is 13.4 Å². The molecule has 0 radical (unpaired) electrons. The van der Waals surface area contributed by atoms with Gasteiger partial charge in [-0.3, -0.25) is 0 Å². The fraction of sp³-hybridized carbons (Fsp3) is 0.375. The number of aromatic nitrogens is 2. The summed E-state index contributed by atoms with van der Waals surface area (Å²) in [6.45, 7) is 9.07. The molecule has 1 aromatic carbocycles. The second-order valence-corrected chi connectivity index (χ2v) is 4.86. The lowest BCUT2D eigenvalue weighted by Crippen LogP contribution is -2.04. The molecule has 1 aromatic heterocycles. The number of benzene rings is 1. The van der Waals surface area contributed by atoms with Crippen molar-refractivity contribution in [1.82, 2.24) is 9.97 Å². The van der Waals surface area contributed by atoms with Crippen molar-refractivity contribution in [3.63, 3.8) is 0 Å². The molecule has 0 spiro atoms. The van der Waals surface area contributed by atoms with Gasteiger partial charge in [-0.2, -0.15) is 0 Å². The maximum absolute atomic E-state index is 5.36. The molecule has 0 aliphatic rings. The molecule has 2 aromatic rings. The normalized spacial score (nSPS) is 10.4. The summed E-state index contributed by atoms with van der Waals surface area (Å²) >= 11 is 0. The third-order valence-corrected chi connectivity index (χ3v) is 3.43. The summed E-state index contributed by atoms with van der Waals surface area (Å²) in [7, 11) is 1.70. The third kappa shape index (κ3) is 2.59. The summed E-state index contributed by atoms with van der Waals surface area (Å²) in [5, 5.41) is 3.27. The van der Waals surface area contributed by atoms with E-state index in [2.05, 4.69) is 41.3 Å². The second kappa shape index (κ2) is 5.90. The molecule has 4 heteroatoms. The van der Waals surface area contributed by atoms with Gasteiger partial charge >= 0.3 is 0 Å². The van der Waals surface area contributed by atoms with Gasteiger partial charge in [0.15, 0.2) is 0 Å². The summed E-state index contributed by atoms with van der Waals surface area (Å²) in [6.07, 6.45) is 1.61. The molecular weight excluding hydrogens is 250 g/mol. The van der Waals surface area contributed by atoms with Gasteiger partial charge in [-0.15, -0.1) is 0 Å². The van der Waals surface area contributed by atoms with Crippen molar-refractivity contribution in [2.45, 2.75) is 27.7 Å². The molecule has 0 unspecified atom stereocenters. The van der Waals surface area contributed by atoms with Crippen molar-refractivity contribution in [3.05, 3.63) is 35.2 Å². The Bertz CT molecular complexity index is 623. The van der Waals surface area contributed by atoms with Crippen LogP contribution in [0.2, 0.25) is 0 Å². The van der Waals surface area contributed by atoms with Crippen molar-refractivity contribution in [1.29, 1.82) is 0 Å². The van der Waals surface area contributed by atoms with Crippen molar-refractivity contribution < 1.29 is 4.74 Å². The number of nitrogens with zero attached hydrogens (tertiary/aromatic N) is 2. The van der Waals surface area contributed by atoms with Crippen molar-refractivity contribution in [2.24, 2.45) is 0 Å². The van der Waals surface area contributed by atoms with E-state index in [9.17, 15) is 0 Å². The van der Waals surface area contributed by atoms with Crippen LogP contribution in [0, 0.1) is 20.8 Å². The fourth-order valence-electron chi connectivity index (χ4n) is 2.33. The lowest BCUT2D eigenvalue weighted by atomic mass is 9.99. The van der Waals surface area contributed by atoms with Crippen LogP contribution >= 0.6 is 0 Å². The predicted octanol–water partition coefficient (Wildman–Crippen LogP) is 3.51. The minimum atomic E-state index is 0.845. The average molecular weight is 271 g/mol. The van der Waals surface area contributed by atoms with Gasteiger partial charge in [0.05, 0.1) is 12.8 Å². The summed E-state index contributed by atoms with van der Waals surface area (Å²) in [6, 6.07) is 4.18. The number of aryl methyl sites for hydroxylation is 2. The monoisotopic (exact) mass is 271 g/mol. The van der Waals surface area contributed by atoms with Crippen molar-refractivity contribution >= 4 is 5.82 Å². The van der Waals surface area contributed by atoms with Gasteiger partial charge in [0.1, 0.15) is 17.9 Å². The van der Waals surface area contributed by atoms with Crippen molar-refractivity contribution in [2.75, 3.05) is 19.0 Å². The summed E-state index contributed by atoms with van der Waals surface area (Å²) in [5.41, 5.74) is 5.43. The lowest BCUT2D eigenvalue weighted by molar-refractivity contribution is 0.411. The Hall–Kier alpha value is -2.10. The predicted molar refractivity (Wildman–Crippen MR) is 82.4 cm³/mol. The number of ether oxygens (including phenoxy) is 1. The lowest BCUT2D eigenvalue weighted by Gasteiger charge is -2.14. The van der Waals surface area contributed by atoms with E-state index < -0.39 is 0 Å². The number of hydrogen-bond donors (Lipinski definition) is 1. The Balaban J connectivity index is 2.57. The molecule has 0 fully saturated rings. The largest absolute Gasteiger partial charge is 0.496 e. The first-order valence-electron chi connectivity index (χ1n) is 6.79. The van der Waals surface area contributed by atoms with Crippen molar-refractivity contribution in [3.8, 4) is 17.0 Å². The van der Waals surface area contributed by atoms with Gasteiger partial charge in [0.25, 0.3) is 0 Å². The Kier molecular flexibility index (Phi) is 4.23. The quantitative estimate of drug-likeness (QED) is 0.924. The maximum atomic E-state index is 5.36. The molecule has 20 heavy (non-hydrogen) atoms. The minimum absolute atomic E-state index is 0.845. The zero-order chi connectivity index (χ0) is 14.7. The van der Waals surface area contributed by atoms with Gasteiger partial charge in [0.2, 0.25) is 0 Å². The SMILES string of the molecule is CCNc1ncnc(-c2cc(C)c(OC)cc2C)c1C. The minimum Gasteiger partial charge on any atom is -0.496 e. The topological polar surface area (TPSA) is 47.0 Å². The third-order valence-electron chi connectivity index (χ3n) is 3.43. The number of rotatable bonds is 4. The number of nitrogens with one attached hydrogen (secondary N) is 1. The van der Waals surface area contributed by atoms with E-state index >= 15 is 0 Å². The Morgan fingerprint density at radius 1 is 1.10 bits per heavy atom. The fourth-order valence-corrected chi connectivity index (χ4v) is 2.33. The highest BCUT2D eigenvalue weighted by molar-refractivity contribution is 5.72. The van der Waals surface area contributed by atoms with Crippen LogP contribution in [0.3, 0.4) is 0 Å². The number of hydrogen-bond acceptors (Lipinski definition) is 4. The number of methoxy groups -OCH3 is 1. The molecule has 0 amide bonds. The molecule has 106 valence electrons. The summed E-state index contributed by atoms with van der Waals surface area (Å²) in [4.78, 5) is 8.75. The Labute approximate surface area is 120 Å².